The van der Waals surface area contributed by atoms with Crippen molar-refractivity contribution in [3.05, 3.63) is 21.6 Å². The molecule has 0 fully saturated rings. The van der Waals surface area contributed by atoms with Gasteiger partial charge in [0.1, 0.15) is 5.15 Å². The lowest BCUT2D eigenvalue weighted by Crippen LogP contribution is -2.29. The van der Waals surface area contributed by atoms with Gasteiger partial charge in [-0.05, 0) is 6.42 Å². The summed E-state index contributed by atoms with van der Waals surface area (Å²) in [7, 11) is 0. The molecule has 0 saturated heterocycles. The molecule has 0 atom stereocenters. The number of nitrogens with one attached hydrogen (secondary N) is 1. The summed E-state index contributed by atoms with van der Waals surface area (Å²) in [6, 6.07) is 1.33. The van der Waals surface area contributed by atoms with Gasteiger partial charge in [-0.15, -0.1) is 0 Å². The summed E-state index contributed by atoms with van der Waals surface area (Å²) in [6.07, 6.45) is 0.955. The topological polar surface area (TPSA) is 46.9 Å². The molecule has 4 nitrogen and oxygen atoms in total. The summed E-state index contributed by atoms with van der Waals surface area (Å²) >= 11 is 5.62. The van der Waals surface area contributed by atoms with Gasteiger partial charge >= 0.3 is 0 Å². The maximum atomic E-state index is 11.3. The molecule has 64 valence electrons. The van der Waals surface area contributed by atoms with E-state index >= 15 is 0 Å². The van der Waals surface area contributed by atoms with Crippen molar-refractivity contribution in [2.45, 2.75) is 13.0 Å². The van der Waals surface area contributed by atoms with Crippen LogP contribution >= 0.6 is 11.6 Å². The van der Waals surface area contributed by atoms with Gasteiger partial charge in [0.2, 0.25) is 5.95 Å². The van der Waals surface area contributed by atoms with Gasteiger partial charge in [-0.25, -0.2) is 4.98 Å². The number of halogens is 1. The van der Waals surface area contributed by atoms with E-state index in [9.17, 15) is 4.79 Å². The number of nitrogens with zero attached hydrogens (tertiary/aromatic N) is 2. The molecule has 1 aromatic rings. The average Bonchev–Trinajstić information content (AvgIpc) is 2.04. The largest absolute Gasteiger partial charge is 0.355 e. The quantitative estimate of drug-likeness (QED) is 0.606. The van der Waals surface area contributed by atoms with Crippen molar-refractivity contribution in [3.8, 4) is 0 Å². The number of hydrogen-bond donors (Lipinski definition) is 1. The van der Waals surface area contributed by atoms with Gasteiger partial charge in [-0.2, -0.15) is 0 Å². The molecule has 12 heavy (non-hydrogen) atoms. The molecule has 1 N–H and O–H groups in total. The second-order valence-electron chi connectivity index (χ2n) is 2.67. The van der Waals surface area contributed by atoms with Crippen molar-refractivity contribution in [1.29, 1.82) is 0 Å². The fraction of sp³-hybridized carbons (Fsp3) is 0.429. The van der Waals surface area contributed by atoms with Crippen LogP contribution in [0.4, 0.5) is 5.95 Å². The van der Waals surface area contributed by atoms with E-state index in [-0.39, 0.29) is 10.7 Å². The molecule has 0 bridgehead atoms. The van der Waals surface area contributed by atoms with E-state index in [1.165, 1.54) is 6.07 Å². The highest BCUT2D eigenvalue weighted by atomic mass is 35.5. The third-order valence-electron chi connectivity index (χ3n) is 1.82. The standard InChI is InChI=1S/C7H8ClN3O/c8-5-4-6(12)11-3-1-2-9-7(11)10-5/h4H,1-3H2,(H,9,10). The molecule has 0 radical (unpaired) electrons. The van der Waals surface area contributed by atoms with E-state index in [2.05, 4.69) is 10.3 Å². The monoisotopic (exact) mass is 185 g/mol. The minimum absolute atomic E-state index is 0.0859. The zero-order valence-electron chi connectivity index (χ0n) is 6.38. The Hall–Kier alpha value is -1.03. The molecule has 0 spiro atoms. The Kier molecular flexibility index (Phi) is 1.77. The van der Waals surface area contributed by atoms with Gasteiger partial charge in [-0.3, -0.25) is 9.36 Å². The Bertz CT molecular complexity index is 360. The van der Waals surface area contributed by atoms with Gasteiger partial charge in [0.15, 0.2) is 0 Å². The number of anilines is 1. The van der Waals surface area contributed by atoms with Crippen molar-refractivity contribution in [3.63, 3.8) is 0 Å². The van der Waals surface area contributed by atoms with E-state index in [4.69, 9.17) is 11.6 Å². The lowest BCUT2D eigenvalue weighted by molar-refractivity contribution is 0.596. The van der Waals surface area contributed by atoms with Gasteiger partial charge in [0.25, 0.3) is 5.56 Å². The maximum absolute atomic E-state index is 11.3. The molecule has 0 aromatic carbocycles. The zero-order valence-corrected chi connectivity index (χ0v) is 7.14. The number of fused-ring (bicyclic) bond motifs is 1. The first-order valence-electron chi connectivity index (χ1n) is 3.78. The van der Waals surface area contributed by atoms with Crippen LogP contribution < -0.4 is 10.9 Å². The first-order valence-corrected chi connectivity index (χ1v) is 4.16. The lowest BCUT2D eigenvalue weighted by Gasteiger charge is -2.17. The molecular weight excluding hydrogens is 178 g/mol. The van der Waals surface area contributed by atoms with Crippen molar-refractivity contribution in [2.75, 3.05) is 11.9 Å². The summed E-state index contributed by atoms with van der Waals surface area (Å²) < 4.78 is 1.59. The minimum atomic E-state index is -0.0859. The number of hydrogen-bond acceptors (Lipinski definition) is 3. The lowest BCUT2D eigenvalue weighted by atomic mass is 10.3. The van der Waals surface area contributed by atoms with Crippen LogP contribution in [0, 0.1) is 0 Å². The molecule has 1 aromatic heterocycles. The number of rotatable bonds is 0. The maximum Gasteiger partial charge on any atom is 0.256 e. The van der Waals surface area contributed by atoms with E-state index in [0.29, 0.717) is 5.95 Å². The summed E-state index contributed by atoms with van der Waals surface area (Å²) in [4.78, 5) is 15.3. The van der Waals surface area contributed by atoms with Gasteiger partial charge in [0, 0.05) is 19.2 Å². The smallest absolute Gasteiger partial charge is 0.256 e. The first-order chi connectivity index (χ1) is 5.77. The van der Waals surface area contributed by atoms with E-state index in [1.807, 2.05) is 0 Å². The zero-order chi connectivity index (χ0) is 8.55. The van der Waals surface area contributed by atoms with Crippen molar-refractivity contribution < 1.29 is 0 Å². The van der Waals surface area contributed by atoms with Gasteiger partial charge in [-0.1, -0.05) is 11.6 Å². The highest BCUT2D eigenvalue weighted by Gasteiger charge is 2.10. The summed E-state index contributed by atoms with van der Waals surface area (Å²) in [5.74, 6) is 0.582. The summed E-state index contributed by atoms with van der Waals surface area (Å²) in [5.41, 5.74) is -0.0859. The van der Waals surface area contributed by atoms with Gasteiger partial charge in [0.05, 0.1) is 0 Å². The van der Waals surface area contributed by atoms with E-state index in [1.54, 1.807) is 4.57 Å². The van der Waals surface area contributed by atoms with E-state index in [0.717, 1.165) is 19.5 Å². The summed E-state index contributed by atoms with van der Waals surface area (Å²) in [6.45, 7) is 1.58. The highest BCUT2D eigenvalue weighted by Crippen LogP contribution is 2.10. The Labute approximate surface area is 74.2 Å². The Morgan fingerprint density at radius 2 is 2.50 bits per heavy atom. The average molecular weight is 186 g/mol. The normalized spacial score (nSPS) is 15.1. The fourth-order valence-electron chi connectivity index (χ4n) is 1.27. The van der Waals surface area contributed by atoms with Crippen LogP contribution in [-0.4, -0.2) is 16.1 Å². The SMILES string of the molecule is O=c1cc(Cl)nc2n1CCCN2. The molecule has 0 aliphatic carbocycles. The van der Waals surface area contributed by atoms with E-state index < -0.39 is 0 Å². The first kappa shape index (κ1) is 7.61. The number of aromatic nitrogens is 2. The highest BCUT2D eigenvalue weighted by molar-refractivity contribution is 6.29. The Morgan fingerprint density at radius 1 is 1.67 bits per heavy atom. The molecule has 2 rings (SSSR count). The van der Waals surface area contributed by atoms with Crippen LogP contribution in [0.3, 0.4) is 0 Å². The molecule has 0 amide bonds. The van der Waals surface area contributed by atoms with Crippen molar-refractivity contribution in [1.82, 2.24) is 9.55 Å². The predicted octanol–water partition coefficient (Wildman–Crippen LogP) is 0.712. The minimum Gasteiger partial charge on any atom is -0.355 e. The summed E-state index contributed by atoms with van der Waals surface area (Å²) in [5, 5.41) is 3.26. The molecule has 1 aliphatic heterocycles. The molecule has 1 aliphatic rings. The predicted molar refractivity (Wildman–Crippen MR) is 46.6 cm³/mol. The van der Waals surface area contributed by atoms with Crippen molar-refractivity contribution >= 4 is 17.5 Å². The third kappa shape index (κ3) is 1.18. The Balaban J connectivity index is 2.60. The van der Waals surface area contributed by atoms with Crippen molar-refractivity contribution in [2.24, 2.45) is 0 Å². The molecule has 2 heterocycles. The third-order valence-corrected chi connectivity index (χ3v) is 2.01. The van der Waals surface area contributed by atoms with Crippen LogP contribution in [-0.2, 0) is 6.54 Å². The Morgan fingerprint density at radius 3 is 3.33 bits per heavy atom. The van der Waals surface area contributed by atoms with Crippen LogP contribution in [0.25, 0.3) is 0 Å². The van der Waals surface area contributed by atoms with Gasteiger partial charge < -0.3 is 5.32 Å². The molecule has 5 heteroatoms. The van der Waals surface area contributed by atoms with Crippen LogP contribution in [0.1, 0.15) is 6.42 Å². The van der Waals surface area contributed by atoms with Crippen LogP contribution in [0.5, 0.6) is 0 Å². The molecule has 0 unspecified atom stereocenters. The fourth-order valence-corrected chi connectivity index (χ4v) is 1.44. The molecule has 0 saturated carbocycles. The molecular formula is C7H8ClN3O. The van der Waals surface area contributed by atoms with Crippen LogP contribution in [0.2, 0.25) is 5.15 Å². The van der Waals surface area contributed by atoms with Crippen LogP contribution in [0.15, 0.2) is 10.9 Å². The second-order valence-corrected chi connectivity index (χ2v) is 3.06. The second kappa shape index (κ2) is 2.79.